The number of amides is 1. The summed E-state index contributed by atoms with van der Waals surface area (Å²) in [5.41, 5.74) is 1.25. The van der Waals surface area contributed by atoms with E-state index in [0.29, 0.717) is 12.3 Å². The normalized spacial score (nSPS) is 21.6. The summed E-state index contributed by atoms with van der Waals surface area (Å²) in [5, 5.41) is 9.50. The second-order valence-electron chi connectivity index (χ2n) is 8.40. The minimum absolute atomic E-state index is 0.108. The molecule has 1 amide bonds. The molecule has 1 aliphatic carbocycles. The first kappa shape index (κ1) is 20.9. The largest absolute Gasteiger partial charge is 0.480 e. The van der Waals surface area contributed by atoms with E-state index in [4.69, 9.17) is 9.47 Å². The lowest BCUT2D eigenvalue weighted by Gasteiger charge is -2.26. The summed E-state index contributed by atoms with van der Waals surface area (Å²) in [6, 6.07) is 4.71. The van der Waals surface area contributed by atoms with Crippen LogP contribution in [0.1, 0.15) is 45.7 Å². The van der Waals surface area contributed by atoms with Crippen molar-refractivity contribution in [3.63, 3.8) is 0 Å². The van der Waals surface area contributed by atoms with E-state index in [2.05, 4.69) is 23.2 Å². The third kappa shape index (κ3) is 5.59. The van der Waals surface area contributed by atoms with E-state index in [-0.39, 0.29) is 19.1 Å². The predicted octanol–water partition coefficient (Wildman–Crippen LogP) is 3.90. The number of ether oxygens (including phenoxy) is 2. The van der Waals surface area contributed by atoms with Crippen LogP contribution in [-0.2, 0) is 9.53 Å². The molecule has 1 N–H and O–H groups in total. The fourth-order valence-corrected chi connectivity index (χ4v) is 3.46. The monoisotopic (exact) mass is 400 g/mol. The third-order valence-corrected chi connectivity index (χ3v) is 4.78. The van der Waals surface area contributed by atoms with Crippen LogP contribution in [-0.4, -0.2) is 51.8 Å². The molecule has 3 rings (SSSR count). The first-order valence-corrected chi connectivity index (χ1v) is 9.92. The van der Waals surface area contributed by atoms with Gasteiger partial charge >= 0.3 is 12.1 Å². The molecular weight excluding hydrogens is 372 g/mol. The number of aromatic nitrogens is 1. The molecule has 2 atom stereocenters. The van der Waals surface area contributed by atoms with Gasteiger partial charge in [0.2, 0.25) is 5.88 Å². The molecule has 1 aromatic rings. The van der Waals surface area contributed by atoms with Gasteiger partial charge in [0.05, 0.1) is 12.3 Å². The van der Waals surface area contributed by atoms with Crippen molar-refractivity contribution in [1.29, 1.82) is 0 Å². The lowest BCUT2D eigenvalue weighted by Crippen LogP contribution is -2.43. The maximum Gasteiger partial charge on any atom is 0.411 e. The Kier molecular flexibility index (Phi) is 6.25. The molecule has 1 aliphatic heterocycles. The van der Waals surface area contributed by atoms with Gasteiger partial charge in [-0.2, -0.15) is 0 Å². The van der Waals surface area contributed by atoms with Crippen molar-refractivity contribution in [2.45, 2.75) is 51.7 Å². The average Bonchev–Trinajstić information content (AvgIpc) is 3.11. The Balaban J connectivity index is 1.62. The minimum atomic E-state index is -1.03. The summed E-state index contributed by atoms with van der Waals surface area (Å²) in [6.07, 6.45) is 8.09. The third-order valence-electron chi connectivity index (χ3n) is 4.78. The quantitative estimate of drug-likeness (QED) is 0.806. The molecule has 1 aromatic heterocycles. The molecule has 1 saturated heterocycles. The van der Waals surface area contributed by atoms with E-state index in [1.807, 2.05) is 12.1 Å². The molecule has 0 saturated carbocycles. The number of carboxylic acid groups (broad SMARTS) is 1. The molecule has 2 aliphatic rings. The molecule has 0 aromatic carbocycles. The average molecular weight is 400 g/mol. The Morgan fingerprint density at radius 2 is 2.07 bits per heavy atom. The van der Waals surface area contributed by atoms with Gasteiger partial charge in [0.15, 0.2) is 0 Å². The van der Waals surface area contributed by atoms with Crippen molar-refractivity contribution in [3.05, 3.63) is 42.1 Å². The van der Waals surface area contributed by atoms with E-state index >= 15 is 0 Å². The number of pyridine rings is 1. The van der Waals surface area contributed by atoms with Gasteiger partial charge in [-0.1, -0.05) is 24.3 Å². The fraction of sp³-hybridized carbons (Fsp3) is 0.500. The van der Waals surface area contributed by atoms with E-state index < -0.39 is 23.7 Å². The predicted molar refractivity (Wildman–Crippen MR) is 109 cm³/mol. The second kappa shape index (κ2) is 8.68. The van der Waals surface area contributed by atoms with Gasteiger partial charge in [-0.05, 0) is 51.7 Å². The van der Waals surface area contributed by atoms with Crippen molar-refractivity contribution in [2.75, 3.05) is 13.2 Å². The number of likely N-dealkylation sites (tertiary alicyclic amines) is 1. The number of carboxylic acids is 1. The Bertz CT molecular complexity index is 825. The molecule has 156 valence electrons. The number of nitrogens with zero attached hydrogens (tertiary/aromatic N) is 2. The van der Waals surface area contributed by atoms with Crippen molar-refractivity contribution >= 4 is 17.6 Å². The van der Waals surface area contributed by atoms with Crippen LogP contribution in [0.3, 0.4) is 0 Å². The van der Waals surface area contributed by atoms with Gasteiger partial charge in [-0.3, -0.25) is 4.90 Å². The van der Waals surface area contributed by atoms with Crippen molar-refractivity contribution < 1.29 is 24.2 Å². The number of carbonyl (C=O) groups excluding carboxylic acids is 1. The maximum absolute atomic E-state index is 12.4. The number of rotatable bonds is 5. The van der Waals surface area contributed by atoms with Gasteiger partial charge in [-0.25, -0.2) is 14.6 Å². The molecule has 0 spiro atoms. The topological polar surface area (TPSA) is 89.0 Å². The van der Waals surface area contributed by atoms with Crippen LogP contribution < -0.4 is 4.74 Å². The van der Waals surface area contributed by atoms with Crippen LogP contribution in [0.4, 0.5) is 4.79 Å². The van der Waals surface area contributed by atoms with Crippen LogP contribution in [0.2, 0.25) is 0 Å². The number of hydrogen-bond acceptors (Lipinski definition) is 5. The minimum Gasteiger partial charge on any atom is -0.480 e. The van der Waals surface area contributed by atoms with E-state index in [0.717, 1.165) is 24.1 Å². The zero-order chi connectivity index (χ0) is 21.0. The zero-order valence-corrected chi connectivity index (χ0v) is 17.1. The van der Waals surface area contributed by atoms with E-state index in [9.17, 15) is 14.7 Å². The summed E-state index contributed by atoms with van der Waals surface area (Å²) in [6.45, 7) is 5.83. The lowest BCUT2D eigenvalue weighted by molar-refractivity contribution is -0.142. The highest BCUT2D eigenvalue weighted by Crippen LogP contribution is 2.27. The maximum atomic E-state index is 12.4. The molecule has 7 nitrogen and oxygen atoms in total. The summed E-state index contributed by atoms with van der Waals surface area (Å²) in [5.74, 6) is -0.651. The zero-order valence-electron chi connectivity index (χ0n) is 17.1. The molecule has 0 radical (unpaired) electrons. The number of aliphatic carboxylic acids is 1. The van der Waals surface area contributed by atoms with Crippen molar-refractivity contribution in [2.24, 2.45) is 5.92 Å². The number of carbonyl (C=O) groups is 2. The van der Waals surface area contributed by atoms with Crippen LogP contribution in [0.15, 0.2) is 36.4 Å². The summed E-state index contributed by atoms with van der Waals surface area (Å²) in [7, 11) is 0. The van der Waals surface area contributed by atoms with Gasteiger partial charge in [0, 0.05) is 18.5 Å². The molecule has 0 bridgehead atoms. The van der Waals surface area contributed by atoms with E-state index in [1.165, 1.54) is 4.90 Å². The molecule has 0 unspecified atom stereocenters. The highest BCUT2D eigenvalue weighted by Gasteiger charge is 2.41. The summed E-state index contributed by atoms with van der Waals surface area (Å²) < 4.78 is 11.2. The molecule has 2 heterocycles. The van der Waals surface area contributed by atoms with Crippen molar-refractivity contribution in [1.82, 2.24) is 9.88 Å². The lowest BCUT2D eigenvalue weighted by atomic mass is 10.0. The Hall–Kier alpha value is -2.83. The van der Waals surface area contributed by atoms with Gasteiger partial charge in [-0.15, -0.1) is 0 Å². The molecule has 7 heteroatoms. The molecule has 1 fully saturated rings. The Labute approximate surface area is 171 Å². The summed E-state index contributed by atoms with van der Waals surface area (Å²) in [4.78, 5) is 29.8. The first-order valence-electron chi connectivity index (χ1n) is 9.92. The van der Waals surface area contributed by atoms with Crippen LogP contribution in [0.25, 0.3) is 5.57 Å². The standard InChI is InChI=1S/C22H28N2O5/c1-22(2,3)29-21(27)24-13-15(12-18(24)20(25)26)14-28-19-11-7-10-17(23-19)16-8-5-4-6-9-16/h5,7-11,15,18H,4,6,12-14H2,1-3H3,(H,25,26)/t15-,18+/m1/s1. The Morgan fingerprint density at radius 1 is 1.28 bits per heavy atom. The fourth-order valence-electron chi connectivity index (χ4n) is 3.46. The van der Waals surface area contributed by atoms with E-state index in [1.54, 1.807) is 26.8 Å². The van der Waals surface area contributed by atoms with Crippen LogP contribution >= 0.6 is 0 Å². The smallest absolute Gasteiger partial charge is 0.411 e. The molecule has 29 heavy (non-hydrogen) atoms. The SMILES string of the molecule is CC(C)(C)OC(=O)N1C[C@H](COc2cccc(C3=CCCC=C3)n2)C[C@H]1C(=O)O. The highest BCUT2D eigenvalue weighted by molar-refractivity contribution is 5.81. The second-order valence-corrected chi connectivity index (χ2v) is 8.40. The van der Waals surface area contributed by atoms with Gasteiger partial charge in [0.1, 0.15) is 11.6 Å². The summed E-state index contributed by atoms with van der Waals surface area (Å²) >= 11 is 0. The Morgan fingerprint density at radius 3 is 2.72 bits per heavy atom. The van der Waals surface area contributed by atoms with Gasteiger partial charge in [0.25, 0.3) is 0 Å². The first-order chi connectivity index (χ1) is 13.7. The van der Waals surface area contributed by atoms with Crippen LogP contribution in [0, 0.1) is 5.92 Å². The molecular formula is C22H28N2O5. The van der Waals surface area contributed by atoms with Crippen molar-refractivity contribution in [3.8, 4) is 5.88 Å². The van der Waals surface area contributed by atoms with Crippen LogP contribution in [0.5, 0.6) is 5.88 Å². The van der Waals surface area contributed by atoms with Gasteiger partial charge < -0.3 is 14.6 Å². The highest BCUT2D eigenvalue weighted by atomic mass is 16.6. The number of hydrogen-bond donors (Lipinski definition) is 1. The number of allylic oxidation sites excluding steroid dienone is 4.